The molecule has 0 fully saturated rings. The van der Waals surface area contributed by atoms with E-state index in [0.717, 1.165) is 5.56 Å². The molecule has 0 radical (unpaired) electrons. The van der Waals surface area contributed by atoms with Crippen LogP contribution in [0.4, 0.5) is 0 Å². The largest absolute Gasteiger partial charge is 0.494 e. The van der Waals surface area contributed by atoms with E-state index in [4.69, 9.17) is 4.74 Å². The average Bonchev–Trinajstić information content (AvgIpc) is 2.39. The van der Waals surface area contributed by atoms with Crippen molar-refractivity contribution in [2.75, 3.05) is 6.61 Å². The van der Waals surface area contributed by atoms with Gasteiger partial charge in [-0.3, -0.25) is 9.78 Å². The number of carbonyl (C=O) groups excluding carboxylic acids is 1. The van der Waals surface area contributed by atoms with Crippen LogP contribution in [-0.2, 0) is 0 Å². The monoisotopic (exact) mass is 241 g/mol. The molecule has 3 heteroatoms. The Kier molecular flexibility index (Phi) is 3.72. The maximum atomic E-state index is 12.3. The van der Waals surface area contributed by atoms with Crippen LogP contribution in [-0.4, -0.2) is 17.4 Å². The lowest BCUT2D eigenvalue weighted by Crippen LogP contribution is -2.04. The number of ether oxygens (including phenoxy) is 1. The number of aryl methyl sites for hydroxylation is 1. The van der Waals surface area contributed by atoms with Crippen molar-refractivity contribution < 1.29 is 9.53 Å². The van der Waals surface area contributed by atoms with Gasteiger partial charge in [0.25, 0.3) is 0 Å². The van der Waals surface area contributed by atoms with E-state index in [0.29, 0.717) is 23.5 Å². The quantitative estimate of drug-likeness (QED) is 0.772. The van der Waals surface area contributed by atoms with Crippen LogP contribution in [0.25, 0.3) is 0 Å². The summed E-state index contributed by atoms with van der Waals surface area (Å²) in [5.41, 5.74) is 2.18. The third kappa shape index (κ3) is 2.56. The van der Waals surface area contributed by atoms with E-state index in [9.17, 15) is 4.79 Å². The standard InChI is InChI=1S/C15H15NO2/c1-3-18-13-6-4-5-12(9-13)15(17)14-10-16-8-7-11(14)2/h4-10H,3H2,1-2H3. The molecule has 0 aliphatic heterocycles. The Morgan fingerprint density at radius 2 is 2.17 bits per heavy atom. The second kappa shape index (κ2) is 5.45. The minimum atomic E-state index is -0.0258. The Morgan fingerprint density at radius 1 is 1.33 bits per heavy atom. The summed E-state index contributed by atoms with van der Waals surface area (Å²) >= 11 is 0. The average molecular weight is 241 g/mol. The summed E-state index contributed by atoms with van der Waals surface area (Å²) in [6.07, 6.45) is 3.29. The molecule has 0 amide bonds. The predicted molar refractivity (Wildman–Crippen MR) is 70.0 cm³/mol. The number of carbonyl (C=O) groups is 1. The molecular formula is C15H15NO2. The van der Waals surface area contributed by atoms with Crippen molar-refractivity contribution in [1.29, 1.82) is 0 Å². The van der Waals surface area contributed by atoms with E-state index in [2.05, 4.69) is 4.98 Å². The third-order valence-corrected chi connectivity index (χ3v) is 2.69. The van der Waals surface area contributed by atoms with Gasteiger partial charge >= 0.3 is 0 Å². The van der Waals surface area contributed by atoms with E-state index in [1.165, 1.54) is 0 Å². The summed E-state index contributed by atoms with van der Waals surface area (Å²) in [5.74, 6) is 0.687. The van der Waals surface area contributed by atoms with E-state index in [-0.39, 0.29) is 5.78 Å². The number of pyridine rings is 1. The van der Waals surface area contributed by atoms with E-state index < -0.39 is 0 Å². The number of nitrogens with zero attached hydrogens (tertiary/aromatic N) is 1. The van der Waals surface area contributed by atoms with E-state index >= 15 is 0 Å². The molecule has 0 aliphatic carbocycles. The molecule has 0 bridgehead atoms. The maximum Gasteiger partial charge on any atom is 0.194 e. The van der Waals surface area contributed by atoms with Gasteiger partial charge in [-0.2, -0.15) is 0 Å². The summed E-state index contributed by atoms with van der Waals surface area (Å²) in [6.45, 7) is 4.41. The number of aromatic nitrogens is 1. The normalized spacial score (nSPS) is 10.1. The molecule has 1 heterocycles. The van der Waals surface area contributed by atoms with E-state index in [1.54, 1.807) is 24.5 Å². The van der Waals surface area contributed by atoms with Crippen LogP contribution in [0.2, 0.25) is 0 Å². The number of ketones is 1. The van der Waals surface area contributed by atoms with Gasteiger partial charge in [0.15, 0.2) is 5.78 Å². The van der Waals surface area contributed by atoms with Gasteiger partial charge in [0.1, 0.15) is 5.75 Å². The van der Waals surface area contributed by atoms with E-state index in [1.807, 2.05) is 32.0 Å². The molecule has 0 atom stereocenters. The Bertz CT molecular complexity index is 564. The molecule has 0 spiro atoms. The second-order valence-corrected chi connectivity index (χ2v) is 3.98. The van der Waals surface area contributed by atoms with Gasteiger partial charge in [0, 0.05) is 23.5 Å². The van der Waals surface area contributed by atoms with Gasteiger partial charge in [0.2, 0.25) is 0 Å². The highest BCUT2D eigenvalue weighted by atomic mass is 16.5. The first kappa shape index (κ1) is 12.3. The second-order valence-electron chi connectivity index (χ2n) is 3.98. The zero-order chi connectivity index (χ0) is 13.0. The lowest BCUT2D eigenvalue weighted by Gasteiger charge is -2.07. The topological polar surface area (TPSA) is 39.2 Å². The van der Waals surface area contributed by atoms with Gasteiger partial charge in [0.05, 0.1) is 6.61 Å². The van der Waals surface area contributed by atoms with Crippen molar-refractivity contribution >= 4 is 5.78 Å². The molecule has 18 heavy (non-hydrogen) atoms. The summed E-state index contributed by atoms with van der Waals surface area (Å²) in [7, 11) is 0. The number of hydrogen-bond acceptors (Lipinski definition) is 3. The van der Waals surface area contributed by atoms with Crippen LogP contribution < -0.4 is 4.74 Å². The highest BCUT2D eigenvalue weighted by Gasteiger charge is 2.12. The fourth-order valence-corrected chi connectivity index (χ4v) is 1.75. The summed E-state index contributed by atoms with van der Waals surface area (Å²) in [6, 6.07) is 9.05. The van der Waals surface area contributed by atoms with Gasteiger partial charge in [-0.25, -0.2) is 0 Å². The first-order chi connectivity index (χ1) is 8.72. The summed E-state index contributed by atoms with van der Waals surface area (Å²) in [5, 5.41) is 0. The molecule has 0 aliphatic rings. The van der Waals surface area contributed by atoms with Crippen molar-refractivity contribution in [3.63, 3.8) is 0 Å². The Balaban J connectivity index is 2.34. The highest BCUT2D eigenvalue weighted by Crippen LogP contribution is 2.17. The minimum Gasteiger partial charge on any atom is -0.494 e. The van der Waals surface area contributed by atoms with Gasteiger partial charge < -0.3 is 4.74 Å². The number of rotatable bonds is 4. The molecule has 0 unspecified atom stereocenters. The zero-order valence-electron chi connectivity index (χ0n) is 10.5. The molecule has 3 nitrogen and oxygen atoms in total. The predicted octanol–water partition coefficient (Wildman–Crippen LogP) is 3.02. The fourth-order valence-electron chi connectivity index (χ4n) is 1.75. The van der Waals surface area contributed by atoms with Crippen LogP contribution >= 0.6 is 0 Å². The fraction of sp³-hybridized carbons (Fsp3) is 0.200. The molecule has 2 aromatic rings. The molecular weight excluding hydrogens is 226 g/mol. The highest BCUT2D eigenvalue weighted by molar-refractivity contribution is 6.09. The maximum absolute atomic E-state index is 12.3. The van der Waals surface area contributed by atoms with Crippen LogP contribution in [0.1, 0.15) is 28.4 Å². The molecule has 0 N–H and O–H groups in total. The molecule has 0 saturated heterocycles. The SMILES string of the molecule is CCOc1cccc(C(=O)c2cnccc2C)c1. The molecule has 2 rings (SSSR count). The summed E-state index contributed by atoms with van der Waals surface area (Å²) in [4.78, 5) is 16.3. The van der Waals surface area contributed by atoms with Crippen molar-refractivity contribution in [2.24, 2.45) is 0 Å². The van der Waals surface area contributed by atoms with Crippen LogP contribution in [0, 0.1) is 6.92 Å². The molecule has 0 saturated carbocycles. The minimum absolute atomic E-state index is 0.0258. The van der Waals surface area contributed by atoms with Crippen LogP contribution in [0.3, 0.4) is 0 Å². The Labute approximate surface area is 106 Å². The number of benzene rings is 1. The zero-order valence-corrected chi connectivity index (χ0v) is 10.5. The smallest absolute Gasteiger partial charge is 0.194 e. The van der Waals surface area contributed by atoms with Crippen molar-refractivity contribution in [1.82, 2.24) is 4.98 Å². The lowest BCUT2D eigenvalue weighted by atomic mass is 10.0. The number of hydrogen-bond donors (Lipinski definition) is 0. The lowest BCUT2D eigenvalue weighted by molar-refractivity contribution is 0.103. The van der Waals surface area contributed by atoms with Crippen molar-refractivity contribution in [2.45, 2.75) is 13.8 Å². The molecule has 92 valence electrons. The van der Waals surface area contributed by atoms with Crippen LogP contribution in [0.15, 0.2) is 42.7 Å². The first-order valence-corrected chi connectivity index (χ1v) is 5.90. The third-order valence-electron chi connectivity index (χ3n) is 2.69. The van der Waals surface area contributed by atoms with Crippen molar-refractivity contribution in [3.8, 4) is 5.75 Å². The van der Waals surface area contributed by atoms with Gasteiger partial charge in [-0.1, -0.05) is 12.1 Å². The van der Waals surface area contributed by atoms with Gasteiger partial charge in [-0.15, -0.1) is 0 Å². The Morgan fingerprint density at radius 3 is 2.89 bits per heavy atom. The van der Waals surface area contributed by atoms with Crippen molar-refractivity contribution in [3.05, 3.63) is 59.4 Å². The summed E-state index contributed by atoms with van der Waals surface area (Å²) < 4.78 is 5.39. The van der Waals surface area contributed by atoms with Gasteiger partial charge in [-0.05, 0) is 37.6 Å². The molecule has 1 aromatic heterocycles. The Hall–Kier alpha value is -2.16. The first-order valence-electron chi connectivity index (χ1n) is 5.90. The van der Waals surface area contributed by atoms with Crippen LogP contribution in [0.5, 0.6) is 5.75 Å². The molecule has 1 aromatic carbocycles.